The van der Waals surface area contributed by atoms with Crippen molar-refractivity contribution in [3.63, 3.8) is 0 Å². The van der Waals surface area contributed by atoms with E-state index >= 15 is 0 Å². The Bertz CT molecular complexity index is 138. The van der Waals surface area contributed by atoms with E-state index in [4.69, 9.17) is 11.8 Å². The van der Waals surface area contributed by atoms with Crippen molar-refractivity contribution in [1.82, 2.24) is 4.90 Å². The first kappa shape index (κ1) is 9.68. The van der Waals surface area contributed by atoms with Crippen LogP contribution in [0.15, 0.2) is 4.51 Å². The largest absolute Gasteiger partial charge is 0.625 e. The van der Waals surface area contributed by atoms with Gasteiger partial charge in [-0.3, -0.25) is 0 Å². The molecule has 0 rings (SSSR count). The van der Waals surface area contributed by atoms with E-state index in [1.807, 2.05) is 0 Å². The lowest BCUT2D eigenvalue weighted by atomic mass is 10.7. The summed E-state index contributed by atoms with van der Waals surface area (Å²) < 4.78 is 2.72. The minimum absolute atomic E-state index is 0.279. The lowest BCUT2D eigenvalue weighted by Gasteiger charge is -2.35. The summed E-state index contributed by atoms with van der Waals surface area (Å²) in [4.78, 5) is 1.58. The smallest absolute Gasteiger partial charge is 0.316 e. The van der Waals surface area contributed by atoms with E-state index in [2.05, 4.69) is 4.51 Å². The predicted molar refractivity (Wildman–Crippen MR) is 42.5 cm³/mol. The van der Waals surface area contributed by atoms with E-state index in [0.717, 1.165) is 0 Å². The van der Waals surface area contributed by atoms with Gasteiger partial charge in [0.15, 0.2) is 0 Å². The zero-order valence-electron chi connectivity index (χ0n) is 6.63. The number of nitrogens with zero attached hydrogens (tertiary/aromatic N) is 3. The van der Waals surface area contributed by atoms with Crippen LogP contribution >= 0.6 is 11.8 Å². The number of hydroxylamine groups is 3. The van der Waals surface area contributed by atoms with Crippen LogP contribution in [0.3, 0.4) is 0 Å². The van der Waals surface area contributed by atoms with Crippen molar-refractivity contribution in [2.75, 3.05) is 28.2 Å². The summed E-state index contributed by atoms with van der Waals surface area (Å²) in [5, 5.41) is 11.2. The van der Waals surface area contributed by atoms with Gasteiger partial charge in [-0.1, -0.05) is 0 Å². The fraction of sp³-hybridized carbons (Fsp3) is 0.800. The quantitative estimate of drug-likeness (QED) is 0.229. The van der Waals surface area contributed by atoms with Gasteiger partial charge in [-0.2, -0.15) is 0 Å². The zero-order chi connectivity index (χ0) is 8.36. The highest BCUT2D eigenvalue weighted by Gasteiger charge is 2.15. The molecule has 0 aromatic rings. The number of hydrogen-bond acceptors (Lipinski definition) is 2. The molecular formula is C5H12ClN3O. The highest BCUT2D eigenvalue weighted by molar-refractivity contribution is 6.18. The summed E-state index contributed by atoms with van der Waals surface area (Å²) in [5.74, 6) is 0.279. The fourth-order valence-electron chi connectivity index (χ4n) is 0.648. The van der Waals surface area contributed by atoms with Gasteiger partial charge in [-0.15, -0.1) is 4.51 Å². The van der Waals surface area contributed by atoms with Gasteiger partial charge in [-0.25, -0.2) is 0 Å². The van der Waals surface area contributed by atoms with E-state index in [0.29, 0.717) is 0 Å². The van der Waals surface area contributed by atoms with Crippen molar-refractivity contribution < 1.29 is 4.65 Å². The average Bonchev–Trinajstić information content (AvgIpc) is 1.60. The molecule has 0 aliphatic rings. The molecular weight excluding hydrogens is 154 g/mol. The molecule has 0 amide bonds. The summed E-state index contributed by atoms with van der Waals surface area (Å²) in [6.45, 7) is 0. The Morgan fingerprint density at radius 3 is 1.90 bits per heavy atom. The Hall–Kier alpha value is -0.320. The molecule has 0 spiro atoms. The van der Waals surface area contributed by atoms with E-state index in [1.54, 1.807) is 19.0 Å². The van der Waals surface area contributed by atoms with Crippen LogP contribution in [0.2, 0.25) is 0 Å². The summed E-state index contributed by atoms with van der Waals surface area (Å²) in [7, 11) is 6.36. The maximum absolute atomic E-state index is 11.2. The third-order valence-electron chi connectivity index (χ3n) is 0.957. The molecule has 0 N–H and O–H groups in total. The Balaban J connectivity index is 4.40. The van der Waals surface area contributed by atoms with Crippen molar-refractivity contribution in [3.05, 3.63) is 5.21 Å². The number of rotatable bonds is 0. The van der Waals surface area contributed by atoms with Crippen LogP contribution in [-0.2, 0) is 0 Å². The normalized spacial score (nSPS) is 13.6. The third-order valence-corrected chi connectivity index (χ3v) is 1.11. The van der Waals surface area contributed by atoms with Gasteiger partial charge >= 0.3 is 5.96 Å². The Morgan fingerprint density at radius 2 is 1.90 bits per heavy atom. The van der Waals surface area contributed by atoms with E-state index < -0.39 is 4.65 Å². The van der Waals surface area contributed by atoms with Crippen LogP contribution in [0.4, 0.5) is 0 Å². The topological polar surface area (TPSA) is 38.7 Å². The number of halogens is 1. The molecule has 0 aromatic heterocycles. The molecule has 0 radical (unpaired) electrons. The predicted octanol–water partition coefficient (Wildman–Crippen LogP) is 0.632. The second-order valence-corrected chi connectivity index (χ2v) is 2.80. The van der Waals surface area contributed by atoms with Crippen molar-refractivity contribution in [3.8, 4) is 0 Å². The first-order valence-corrected chi connectivity index (χ1v) is 3.15. The Labute approximate surface area is 66.0 Å². The molecule has 60 valence electrons. The molecule has 0 fully saturated rings. The average molecular weight is 166 g/mol. The molecule has 0 atom stereocenters. The van der Waals surface area contributed by atoms with Gasteiger partial charge in [0.25, 0.3) is 0 Å². The van der Waals surface area contributed by atoms with Gasteiger partial charge in [0, 0.05) is 25.9 Å². The van der Waals surface area contributed by atoms with Crippen molar-refractivity contribution in [1.29, 1.82) is 0 Å². The molecule has 0 saturated carbocycles. The molecule has 5 heteroatoms. The summed E-state index contributed by atoms with van der Waals surface area (Å²) in [6, 6.07) is 0. The van der Waals surface area contributed by atoms with E-state index in [-0.39, 0.29) is 5.96 Å². The maximum Gasteiger partial charge on any atom is 0.316 e. The van der Waals surface area contributed by atoms with Crippen molar-refractivity contribution in [2.24, 2.45) is 4.51 Å². The van der Waals surface area contributed by atoms with Crippen LogP contribution in [0, 0.1) is 5.21 Å². The standard InChI is InChI=1S/C5H12ClN3O/c1-8(2)5(7-6)9(3,4)10/h1-4H3. The molecule has 0 aliphatic carbocycles. The molecule has 0 unspecified atom stereocenters. The first-order valence-electron chi connectivity index (χ1n) is 2.81. The molecule has 0 saturated heterocycles. The van der Waals surface area contributed by atoms with Gasteiger partial charge in [0.05, 0.1) is 14.1 Å². The minimum atomic E-state index is -0.615. The third kappa shape index (κ3) is 2.51. The Kier molecular flexibility index (Phi) is 3.08. The summed E-state index contributed by atoms with van der Waals surface area (Å²) in [5.41, 5.74) is 0. The first-order chi connectivity index (χ1) is 4.39. The second kappa shape index (κ2) is 3.18. The van der Waals surface area contributed by atoms with Crippen LogP contribution in [0.25, 0.3) is 0 Å². The van der Waals surface area contributed by atoms with Crippen LogP contribution in [0.1, 0.15) is 0 Å². The van der Waals surface area contributed by atoms with Gasteiger partial charge < -0.3 is 14.8 Å². The van der Waals surface area contributed by atoms with Crippen LogP contribution < -0.4 is 0 Å². The van der Waals surface area contributed by atoms with Crippen LogP contribution in [-0.4, -0.2) is 43.7 Å². The van der Waals surface area contributed by atoms with Crippen molar-refractivity contribution in [2.45, 2.75) is 0 Å². The Morgan fingerprint density at radius 1 is 1.50 bits per heavy atom. The highest BCUT2D eigenvalue weighted by atomic mass is 35.5. The fourth-order valence-corrected chi connectivity index (χ4v) is 0.981. The van der Waals surface area contributed by atoms with Crippen LogP contribution in [0.5, 0.6) is 0 Å². The maximum atomic E-state index is 11.2. The summed E-state index contributed by atoms with van der Waals surface area (Å²) in [6.07, 6.45) is 0. The van der Waals surface area contributed by atoms with Gasteiger partial charge in [0.1, 0.15) is 0 Å². The van der Waals surface area contributed by atoms with Gasteiger partial charge in [-0.05, 0) is 0 Å². The molecule has 4 nitrogen and oxygen atoms in total. The summed E-state index contributed by atoms with van der Waals surface area (Å²) >= 11 is 5.18. The lowest BCUT2D eigenvalue weighted by Crippen LogP contribution is -2.47. The van der Waals surface area contributed by atoms with E-state index in [9.17, 15) is 5.21 Å². The zero-order valence-corrected chi connectivity index (χ0v) is 7.38. The highest BCUT2D eigenvalue weighted by Crippen LogP contribution is 2.00. The van der Waals surface area contributed by atoms with Crippen molar-refractivity contribution >= 4 is 17.7 Å². The molecule has 0 aromatic carbocycles. The van der Waals surface area contributed by atoms with Gasteiger partial charge in [0.2, 0.25) is 0 Å². The number of hydrogen-bond donors (Lipinski definition) is 0. The molecule has 0 heterocycles. The molecule has 0 aliphatic heterocycles. The second-order valence-electron chi connectivity index (χ2n) is 2.63. The monoisotopic (exact) mass is 165 g/mol. The lowest BCUT2D eigenvalue weighted by molar-refractivity contribution is -0.749. The minimum Gasteiger partial charge on any atom is -0.625 e. The SMILES string of the molecule is CN(C)C(=NCl)[N+](C)(C)[O-]. The number of quaternary nitrogens is 1. The molecule has 10 heavy (non-hydrogen) atoms. The van der Waals surface area contributed by atoms with E-state index in [1.165, 1.54) is 14.1 Å². The number of guanidine groups is 1. The molecule has 0 bridgehead atoms.